The Labute approximate surface area is 117 Å². The lowest BCUT2D eigenvalue weighted by atomic mass is 10.1. The first-order valence-electron chi connectivity index (χ1n) is 7.78. The van der Waals surface area contributed by atoms with E-state index in [1.54, 1.807) is 0 Å². The minimum Gasteiger partial charge on any atom is -0.371 e. The standard InChI is InChI=1S/C17H26N2/c1-13(18-2)16-7-9-17(10-8-16)19(11-14-3-4-14)12-15-5-6-15/h7-10,13-15,18H,3-6,11-12H2,1-2H3. The van der Waals surface area contributed by atoms with Gasteiger partial charge >= 0.3 is 0 Å². The van der Waals surface area contributed by atoms with Gasteiger partial charge in [-0.15, -0.1) is 0 Å². The Morgan fingerprint density at radius 2 is 1.58 bits per heavy atom. The molecule has 3 rings (SSSR count). The van der Waals surface area contributed by atoms with Crippen LogP contribution in [-0.2, 0) is 0 Å². The maximum Gasteiger partial charge on any atom is 0.0366 e. The van der Waals surface area contributed by atoms with Crippen LogP contribution >= 0.6 is 0 Å². The number of nitrogens with one attached hydrogen (secondary N) is 1. The highest BCUT2D eigenvalue weighted by Gasteiger charge is 2.29. The predicted octanol–water partition coefficient (Wildman–Crippen LogP) is 3.59. The van der Waals surface area contributed by atoms with Crippen LogP contribution in [0.2, 0.25) is 0 Å². The van der Waals surface area contributed by atoms with Crippen molar-refractivity contribution in [2.45, 2.75) is 38.6 Å². The number of anilines is 1. The molecule has 2 aliphatic carbocycles. The molecule has 0 amide bonds. The van der Waals surface area contributed by atoms with E-state index in [1.165, 1.54) is 50.0 Å². The Balaban J connectivity index is 1.68. The van der Waals surface area contributed by atoms with Crippen molar-refractivity contribution in [2.75, 3.05) is 25.0 Å². The SMILES string of the molecule is CNC(C)c1ccc(N(CC2CC2)CC2CC2)cc1. The summed E-state index contributed by atoms with van der Waals surface area (Å²) in [5.41, 5.74) is 2.80. The Morgan fingerprint density at radius 3 is 2.00 bits per heavy atom. The van der Waals surface area contributed by atoms with Crippen LogP contribution in [0.3, 0.4) is 0 Å². The molecule has 2 fully saturated rings. The molecule has 1 atom stereocenters. The van der Waals surface area contributed by atoms with Crippen molar-refractivity contribution in [2.24, 2.45) is 11.8 Å². The summed E-state index contributed by atoms with van der Waals surface area (Å²) in [5.74, 6) is 1.93. The highest BCUT2D eigenvalue weighted by atomic mass is 15.1. The Morgan fingerprint density at radius 1 is 1.05 bits per heavy atom. The van der Waals surface area contributed by atoms with Gasteiger partial charge in [0, 0.05) is 24.8 Å². The number of hydrogen-bond donors (Lipinski definition) is 1. The first-order valence-corrected chi connectivity index (χ1v) is 7.78. The second-order valence-electron chi connectivity index (χ2n) is 6.39. The molecule has 0 radical (unpaired) electrons. The lowest BCUT2D eigenvalue weighted by molar-refractivity contribution is 0.651. The molecule has 0 bridgehead atoms. The van der Waals surface area contributed by atoms with Crippen molar-refractivity contribution in [1.82, 2.24) is 5.32 Å². The van der Waals surface area contributed by atoms with Crippen LogP contribution in [-0.4, -0.2) is 20.1 Å². The number of nitrogens with zero attached hydrogens (tertiary/aromatic N) is 1. The molecular formula is C17H26N2. The lowest BCUT2D eigenvalue weighted by Crippen LogP contribution is -2.28. The van der Waals surface area contributed by atoms with Crippen molar-refractivity contribution in [3.63, 3.8) is 0 Å². The van der Waals surface area contributed by atoms with Crippen LogP contribution in [0, 0.1) is 11.8 Å². The molecule has 2 aliphatic rings. The molecule has 2 heteroatoms. The molecule has 1 N–H and O–H groups in total. The summed E-state index contributed by atoms with van der Waals surface area (Å²) in [6.45, 7) is 4.76. The van der Waals surface area contributed by atoms with Crippen molar-refractivity contribution in [3.8, 4) is 0 Å². The highest BCUT2D eigenvalue weighted by Crippen LogP contribution is 2.35. The summed E-state index contributed by atoms with van der Waals surface area (Å²) >= 11 is 0. The van der Waals surface area contributed by atoms with Crippen LogP contribution in [0.15, 0.2) is 24.3 Å². The molecule has 2 saturated carbocycles. The van der Waals surface area contributed by atoms with Gasteiger partial charge in [-0.05, 0) is 69.2 Å². The smallest absolute Gasteiger partial charge is 0.0366 e. The van der Waals surface area contributed by atoms with Gasteiger partial charge in [0.2, 0.25) is 0 Å². The third kappa shape index (κ3) is 3.50. The van der Waals surface area contributed by atoms with Gasteiger partial charge in [-0.2, -0.15) is 0 Å². The summed E-state index contributed by atoms with van der Waals surface area (Å²) in [7, 11) is 2.02. The van der Waals surface area contributed by atoms with Gasteiger partial charge in [-0.25, -0.2) is 0 Å². The van der Waals surface area contributed by atoms with E-state index >= 15 is 0 Å². The predicted molar refractivity (Wildman–Crippen MR) is 81.6 cm³/mol. The van der Waals surface area contributed by atoms with Gasteiger partial charge < -0.3 is 10.2 Å². The quantitative estimate of drug-likeness (QED) is 0.804. The zero-order valence-electron chi connectivity index (χ0n) is 12.2. The van der Waals surface area contributed by atoms with Gasteiger partial charge in [0.05, 0.1) is 0 Å². The molecule has 0 spiro atoms. The Bertz CT molecular complexity index is 390. The first kappa shape index (κ1) is 13.0. The van der Waals surface area contributed by atoms with Gasteiger partial charge in [0.1, 0.15) is 0 Å². The molecule has 1 aromatic carbocycles. The fraction of sp³-hybridized carbons (Fsp3) is 0.647. The summed E-state index contributed by atoms with van der Waals surface area (Å²) in [4.78, 5) is 2.63. The normalized spacial score (nSPS) is 20.3. The third-order valence-corrected chi connectivity index (χ3v) is 4.54. The molecule has 0 aromatic heterocycles. The summed E-state index contributed by atoms with van der Waals surface area (Å²) in [5, 5.41) is 3.30. The highest BCUT2D eigenvalue weighted by molar-refractivity contribution is 5.48. The number of rotatable bonds is 7. The van der Waals surface area contributed by atoms with E-state index in [0.717, 1.165) is 11.8 Å². The maximum absolute atomic E-state index is 3.30. The summed E-state index contributed by atoms with van der Waals surface area (Å²) < 4.78 is 0. The van der Waals surface area contributed by atoms with Crippen molar-refractivity contribution in [1.29, 1.82) is 0 Å². The van der Waals surface area contributed by atoms with Crippen LogP contribution in [0.1, 0.15) is 44.2 Å². The fourth-order valence-electron chi connectivity index (χ4n) is 2.65. The van der Waals surface area contributed by atoms with E-state index in [2.05, 4.69) is 41.4 Å². The summed E-state index contributed by atoms with van der Waals surface area (Å²) in [6.07, 6.45) is 5.76. The van der Waals surface area contributed by atoms with E-state index in [1.807, 2.05) is 7.05 Å². The second kappa shape index (κ2) is 5.54. The molecule has 1 unspecified atom stereocenters. The van der Waals surface area contributed by atoms with Gasteiger partial charge in [-0.3, -0.25) is 0 Å². The summed E-state index contributed by atoms with van der Waals surface area (Å²) in [6, 6.07) is 9.63. The van der Waals surface area contributed by atoms with Crippen LogP contribution in [0.5, 0.6) is 0 Å². The van der Waals surface area contributed by atoms with E-state index in [0.29, 0.717) is 6.04 Å². The minimum absolute atomic E-state index is 0.439. The fourth-order valence-corrected chi connectivity index (χ4v) is 2.65. The monoisotopic (exact) mass is 258 g/mol. The van der Waals surface area contributed by atoms with Crippen molar-refractivity contribution in [3.05, 3.63) is 29.8 Å². The molecule has 0 aliphatic heterocycles. The van der Waals surface area contributed by atoms with Crippen molar-refractivity contribution >= 4 is 5.69 Å². The zero-order chi connectivity index (χ0) is 13.2. The van der Waals surface area contributed by atoms with E-state index in [9.17, 15) is 0 Å². The van der Waals surface area contributed by atoms with E-state index in [-0.39, 0.29) is 0 Å². The second-order valence-corrected chi connectivity index (χ2v) is 6.39. The van der Waals surface area contributed by atoms with Crippen LogP contribution in [0.25, 0.3) is 0 Å². The third-order valence-electron chi connectivity index (χ3n) is 4.54. The van der Waals surface area contributed by atoms with Gasteiger partial charge in [0.15, 0.2) is 0 Å². The lowest BCUT2D eigenvalue weighted by Gasteiger charge is -2.25. The number of benzene rings is 1. The van der Waals surface area contributed by atoms with E-state index in [4.69, 9.17) is 0 Å². The molecule has 19 heavy (non-hydrogen) atoms. The molecule has 0 heterocycles. The molecule has 2 nitrogen and oxygen atoms in total. The van der Waals surface area contributed by atoms with Gasteiger partial charge in [0.25, 0.3) is 0 Å². The van der Waals surface area contributed by atoms with Gasteiger partial charge in [-0.1, -0.05) is 12.1 Å². The molecule has 0 saturated heterocycles. The van der Waals surface area contributed by atoms with Crippen LogP contribution in [0.4, 0.5) is 5.69 Å². The number of hydrogen-bond acceptors (Lipinski definition) is 2. The van der Waals surface area contributed by atoms with Crippen molar-refractivity contribution < 1.29 is 0 Å². The van der Waals surface area contributed by atoms with Crippen LogP contribution < -0.4 is 10.2 Å². The minimum atomic E-state index is 0.439. The molecular weight excluding hydrogens is 232 g/mol. The first-order chi connectivity index (χ1) is 9.26. The Kier molecular flexibility index (Phi) is 3.79. The molecule has 1 aromatic rings. The molecule has 104 valence electrons. The average molecular weight is 258 g/mol. The zero-order valence-corrected chi connectivity index (χ0v) is 12.2. The average Bonchev–Trinajstić information content (AvgIpc) is 3.32. The van der Waals surface area contributed by atoms with E-state index < -0.39 is 0 Å². The maximum atomic E-state index is 3.30. The topological polar surface area (TPSA) is 15.3 Å². The largest absolute Gasteiger partial charge is 0.371 e. The Hall–Kier alpha value is -1.02.